The third kappa shape index (κ3) is 5.35. The largest absolute Gasteiger partial charge is 0.491 e. The van der Waals surface area contributed by atoms with Gasteiger partial charge >= 0.3 is 5.97 Å². The second-order valence-electron chi connectivity index (χ2n) is 8.82. The fourth-order valence-electron chi connectivity index (χ4n) is 4.42. The molecule has 34 heavy (non-hydrogen) atoms. The normalized spacial score (nSPS) is 18.0. The first-order valence-corrected chi connectivity index (χ1v) is 11.8. The lowest BCUT2D eigenvalue weighted by Gasteiger charge is -2.28. The van der Waals surface area contributed by atoms with Crippen LogP contribution in [0.15, 0.2) is 29.0 Å². The summed E-state index contributed by atoms with van der Waals surface area (Å²) in [4.78, 5) is 25.1. The lowest BCUT2D eigenvalue weighted by molar-refractivity contribution is -0.145. The van der Waals surface area contributed by atoms with Crippen LogP contribution in [0.5, 0.6) is 5.75 Å². The number of aliphatic carboxylic acids is 1. The molecule has 2 unspecified atom stereocenters. The molecule has 9 nitrogen and oxygen atoms in total. The predicted octanol–water partition coefficient (Wildman–Crippen LogP) is 5.11. The second-order valence-corrected chi connectivity index (χ2v) is 8.82. The van der Waals surface area contributed by atoms with Gasteiger partial charge in [0.15, 0.2) is 0 Å². The number of hydrogen-bond donors (Lipinski definition) is 2. The molecule has 2 atom stereocenters. The third-order valence-corrected chi connectivity index (χ3v) is 6.26. The Hall–Kier alpha value is -3.49. The van der Waals surface area contributed by atoms with Crippen molar-refractivity contribution in [3.63, 3.8) is 0 Å². The summed E-state index contributed by atoms with van der Waals surface area (Å²) in [6.45, 7) is 6.20. The van der Waals surface area contributed by atoms with Crippen molar-refractivity contribution in [3.8, 4) is 17.2 Å². The number of aromatic nitrogens is 4. The molecule has 1 aliphatic rings. The van der Waals surface area contributed by atoms with Gasteiger partial charge in [0.05, 0.1) is 30.1 Å². The molecule has 0 spiro atoms. The lowest BCUT2D eigenvalue weighted by atomic mass is 9.80. The van der Waals surface area contributed by atoms with E-state index in [-0.39, 0.29) is 11.8 Å². The lowest BCUT2D eigenvalue weighted by Crippen LogP contribution is -2.31. The number of aryl methyl sites for hydroxylation is 3. The minimum atomic E-state index is -0.732. The standard InChI is InChI=1S/C25H31N5O4/c1-4-7-18-12-26-13-22(28-18)29-23-16(3)30-34-24(23)20-10-11-21(15(2)27-20)33-14-17-8-5-6-9-19(17)25(31)32/h10-13,17,19H,4-9,14H2,1-3H3,(H,28,29)(H,31,32). The Kier molecular flexibility index (Phi) is 7.40. The topological polar surface area (TPSA) is 123 Å². The molecule has 2 N–H and O–H groups in total. The molecular formula is C25H31N5O4. The van der Waals surface area contributed by atoms with Gasteiger partial charge in [0.25, 0.3) is 0 Å². The summed E-state index contributed by atoms with van der Waals surface area (Å²) in [6.07, 6.45) is 8.87. The third-order valence-electron chi connectivity index (χ3n) is 6.26. The fourth-order valence-corrected chi connectivity index (χ4v) is 4.42. The van der Waals surface area contributed by atoms with Crippen molar-refractivity contribution in [1.82, 2.24) is 20.1 Å². The highest BCUT2D eigenvalue weighted by atomic mass is 16.5. The molecule has 0 saturated heterocycles. The molecule has 180 valence electrons. The second kappa shape index (κ2) is 10.6. The number of hydrogen-bond acceptors (Lipinski definition) is 8. The van der Waals surface area contributed by atoms with Crippen molar-refractivity contribution >= 4 is 17.5 Å². The average Bonchev–Trinajstić information content (AvgIpc) is 3.19. The van der Waals surface area contributed by atoms with Gasteiger partial charge in [-0.25, -0.2) is 9.97 Å². The Labute approximate surface area is 199 Å². The highest BCUT2D eigenvalue weighted by molar-refractivity contribution is 5.75. The monoisotopic (exact) mass is 465 g/mol. The Morgan fingerprint density at radius 3 is 2.76 bits per heavy atom. The summed E-state index contributed by atoms with van der Waals surface area (Å²) in [7, 11) is 0. The zero-order valence-corrected chi connectivity index (χ0v) is 19.9. The summed E-state index contributed by atoms with van der Waals surface area (Å²) in [5.74, 6) is 0.712. The van der Waals surface area contributed by atoms with Crippen molar-refractivity contribution < 1.29 is 19.2 Å². The van der Waals surface area contributed by atoms with E-state index in [0.717, 1.165) is 37.8 Å². The van der Waals surface area contributed by atoms with Crippen molar-refractivity contribution in [2.24, 2.45) is 11.8 Å². The molecule has 3 heterocycles. The summed E-state index contributed by atoms with van der Waals surface area (Å²) in [6, 6.07) is 3.67. The number of carboxylic acids is 1. The molecule has 1 aliphatic carbocycles. The van der Waals surface area contributed by atoms with Crippen molar-refractivity contribution in [3.05, 3.63) is 41.6 Å². The van der Waals surface area contributed by atoms with E-state index < -0.39 is 5.97 Å². The summed E-state index contributed by atoms with van der Waals surface area (Å²) in [5.41, 5.74) is 3.61. The summed E-state index contributed by atoms with van der Waals surface area (Å²) >= 11 is 0. The number of nitrogens with zero attached hydrogens (tertiary/aromatic N) is 4. The first-order valence-electron chi connectivity index (χ1n) is 11.8. The Morgan fingerprint density at radius 1 is 1.18 bits per heavy atom. The molecule has 0 bridgehead atoms. The van der Waals surface area contributed by atoms with E-state index >= 15 is 0 Å². The van der Waals surface area contributed by atoms with Crippen LogP contribution in [0.1, 0.15) is 56.1 Å². The minimum Gasteiger partial charge on any atom is -0.491 e. The van der Waals surface area contributed by atoms with Crippen molar-refractivity contribution in [1.29, 1.82) is 0 Å². The summed E-state index contributed by atoms with van der Waals surface area (Å²) in [5, 5.41) is 16.9. The number of pyridine rings is 1. The van der Waals surface area contributed by atoms with Crippen LogP contribution >= 0.6 is 0 Å². The number of nitrogens with one attached hydrogen (secondary N) is 1. The molecule has 1 saturated carbocycles. The van der Waals surface area contributed by atoms with Crippen molar-refractivity contribution in [2.75, 3.05) is 11.9 Å². The van der Waals surface area contributed by atoms with E-state index in [1.165, 1.54) is 0 Å². The number of rotatable bonds is 9. The van der Waals surface area contributed by atoms with Gasteiger partial charge < -0.3 is 19.7 Å². The smallest absolute Gasteiger partial charge is 0.306 e. The van der Waals surface area contributed by atoms with Gasteiger partial charge in [0, 0.05) is 12.1 Å². The number of carbonyl (C=O) groups is 1. The number of ether oxygens (including phenoxy) is 1. The molecule has 0 amide bonds. The van der Waals surface area contributed by atoms with Crippen LogP contribution in [0.2, 0.25) is 0 Å². The van der Waals surface area contributed by atoms with Gasteiger partial charge in [-0.2, -0.15) is 0 Å². The van der Waals surface area contributed by atoms with Crippen LogP contribution < -0.4 is 10.1 Å². The molecule has 3 aromatic heterocycles. The van der Waals surface area contributed by atoms with Gasteiger partial charge in [0.2, 0.25) is 5.76 Å². The van der Waals surface area contributed by atoms with Gasteiger partial charge in [-0.15, -0.1) is 0 Å². The molecule has 0 aromatic carbocycles. The van der Waals surface area contributed by atoms with Gasteiger partial charge in [-0.3, -0.25) is 9.78 Å². The average molecular weight is 466 g/mol. The van der Waals surface area contributed by atoms with Crippen LogP contribution in [0.4, 0.5) is 11.5 Å². The van der Waals surface area contributed by atoms with Crippen molar-refractivity contribution in [2.45, 2.75) is 59.3 Å². The number of carboxylic acid groups (broad SMARTS) is 1. The fraction of sp³-hybridized carbons (Fsp3) is 0.480. The van der Waals surface area contributed by atoms with Gasteiger partial charge in [-0.05, 0) is 45.2 Å². The highest BCUT2D eigenvalue weighted by Gasteiger charge is 2.31. The van der Waals surface area contributed by atoms with Crippen LogP contribution in [-0.2, 0) is 11.2 Å². The number of anilines is 2. The Balaban J connectivity index is 1.50. The first-order chi connectivity index (χ1) is 16.5. The molecule has 4 rings (SSSR count). The Morgan fingerprint density at radius 2 is 2.00 bits per heavy atom. The van der Waals surface area contributed by atoms with Crippen LogP contribution in [0, 0.1) is 25.7 Å². The molecule has 3 aromatic rings. The summed E-state index contributed by atoms with van der Waals surface area (Å²) < 4.78 is 11.6. The van der Waals surface area contributed by atoms with Crippen LogP contribution in [0.25, 0.3) is 11.5 Å². The highest BCUT2D eigenvalue weighted by Crippen LogP contribution is 2.34. The maximum atomic E-state index is 11.6. The van der Waals surface area contributed by atoms with E-state index in [1.807, 2.05) is 26.0 Å². The van der Waals surface area contributed by atoms with E-state index in [0.29, 0.717) is 53.1 Å². The maximum Gasteiger partial charge on any atom is 0.306 e. The molecular weight excluding hydrogens is 434 g/mol. The van der Waals surface area contributed by atoms with E-state index in [4.69, 9.17) is 9.26 Å². The minimum absolute atomic E-state index is 0.0163. The molecule has 9 heteroatoms. The molecule has 1 fully saturated rings. The van der Waals surface area contributed by atoms with Crippen LogP contribution in [-0.4, -0.2) is 37.8 Å². The van der Waals surface area contributed by atoms with E-state index in [9.17, 15) is 9.90 Å². The zero-order valence-electron chi connectivity index (χ0n) is 19.9. The van der Waals surface area contributed by atoms with Gasteiger partial charge in [-0.1, -0.05) is 31.3 Å². The first kappa shape index (κ1) is 23.7. The molecule has 0 radical (unpaired) electrons. The van der Waals surface area contributed by atoms with E-state index in [1.54, 1.807) is 12.4 Å². The quantitative estimate of drug-likeness (QED) is 0.443. The zero-order chi connectivity index (χ0) is 24.1. The van der Waals surface area contributed by atoms with Crippen LogP contribution in [0.3, 0.4) is 0 Å². The Bertz CT molecular complexity index is 1150. The maximum absolute atomic E-state index is 11.6. The van der Waals surface area contributed by atoms with Gasteiger partial charge in [0.1, 0.15) is 28.6 Å². The predicted molar refractivity (Wildman–Crippen MR) is 127 cm³/mol. The van der Waals surface area contributed by atoms with E-state index in [2.05, 4.69) is 32.3 Å². The molecule has 0 aliphatic heterocycles. The SMILES string of the molecule is CCCc1cncc(Nc2c(C)noc2-c2ccc(OCC3CCCCC3C(=O)O)c(C)n2)n1.